The molecule has 6 heteroatoms. The molecule has 1 aliphatic rings. The molecule has 0 saturated carbocycles. The summed E-state index contributed by atoms with van der Waals surface area (Å²) < 4.78 is 5.32. The van der Waals surface area contributed by atoms with Crippen molar-refractivity contribution in [2.24, 2.45) is 5.73 Å². The van der Waals surface area contributed by atoms with Crippen LogP contribution in [0.1, 0.15) is 6.92 Å². The SMILES string of the molecule is C[C@H](N)C(=O)N1CC(C(=O)O)Oc2ccccc21. The maximum Gasteiger partial charge on any atom is 0.346 e. The average molecular weight is 250 g/mol. The fourth-order valence-electron chi connectivity index (χ4n) is 1.82. The van der Waals surface area contributed by atoms with Gasteiger partial charge in [0.25, 0.3) is 0 Å². The van der Waals surface area contributed by atoms with E-state index < -0.39 is 18.1 Å². The van der Waals surface area contributed by atoms with Crippen molar-refractivity contribution in [1.29, 1.82) is 0 Å². The number of carboxylic acid groups (broad SMARTS) is 1. The highest BCUT2D eigenvalue weighted by Crippen LogP contribution is 2.33. The van der Waals surface area contributed by atoms with Crippen LogP contribution in [0.3, 0.4) is 0 Å². The Labute approximate surface area is 104 Å². The molecule has 1 amide bonds. The van der Waals surface area contributed by atoms with E-state index in [1.165, 1.54) is 4.90 Å². The summed E-state index contributed by atoms with van der Waals surface area (Å²) in [6.45, 7) is 1.53. The molecule has 2 rings (SSSR count). The molecule has 0 spiro atoms. The molecule has 1 aromatic carbocycles. The normalized spacial score (nSPS) is 19.7. The van der Waals surface area contributed by atoms with E-state index >= 15 is 0 Å². The molecule has 2 atom stereocenters. The first-order valence-electron chi connectivity index (χ1n) is 5.56. The lowest BCUT2D eigenvalue weighted by atomic mass is 10.1. The second-order valence-corrected chi connectivity index (χ2v) is 4.15. The lowest BCUT2D eigenvalue weighted by Gasteiger charge is -2.33. The topological polar surface area (TPSA) is 92.9 Å². The van der Waals surface area contributed by atoms with Gasteiger partial charge in [0.15, 0.2) is 0 Å². The van der Waals surface area contributed by atoms with Crippen LogP contribution in [0.5, 0.6) is 5.75 Å². The molecule has 1 heterocycles. The Balaban J connectivity index is 2.39. The van der Waals surface area contributed by atoms with E-state index in [2.05, 4.69) is 0 Å². The van der Waals surface area contributed by atoms with Crippen molar-refractivity contribution < 1.29 is 19.4 Å². The van der Waals surface area contributed by atoms with E-state index in [4.69, 9.17) is 15.6 Å². The van der Waals surface area contributed by atoms with E-state index in [1.807, 2.05) is 0 Å². The number of carbonyl (C=O) groups is 2. The second-order valence-electron chi connectivity index (χ2n) is 4.15. The number of amides is 1. The molecule has 1 unspecified atom stereocenters. The highest BCUT2D eigenvalue weighted by atomic mass is 16.5. The first kappa shape index (κ1) is 12.4. The Morgan fingerprint density at radius 1 is 1.50 bits per heavy atom. The Morgan fingerprint density at radius 3 is 2.78 bits per heavy atom. The van der Waals surface area contributed by atoms with Crippen molar-refractivity contribution in [3.05, 3.63) is 24.3 Å². The van der Waals surface area contributed by atoms with E-state index in [-0.39, 0.29) is 12.5 Å². The van der Waals surface area contributed by atoms with Crippen molar-refractivity contribution in [2.75, 3.05) is 11.4 Å². The van der Waals surface area contributed by atoms with Gasteiger partial charge in [0.2, 0.25) is 12.0 Å². The van der Waals surface area contributed by atoms with Gasteiger partial charge in [0.05, 0.1) is 18.3 Å². The zero-order chi connectivity index (χ0) is 13.3. The second kappa shape index (κ2) is 4.66. The standard InChI is InChI=1S/C12H14N2O4/c1-7(13)11(15)14-6-10(12(16)17)18-9-5-3-2-4-8(9)14/h2-5,7,10H,6,13H2,1H3,(H,16,17)/t7-,10?/m0/s1. The molecular weight excluding hydrogens is 236 g/mol. The number of carbonyl (C=O) groups excluding carboxylic acids is 1. The van der Waals surface area contributed by atoms with Gasteiger partial charge in [0.1, 0.15) is 5.75 Å². The molecule has 3 N–H and O–H groups in total. The molecule has 0 saturated heterocycles. The van der Waals surface area contributed by atoms with Crippen LogP contribution in [0.4, 0.5) is 5.69 Å². The number of hydrogen-bond donors (Lipinski definition) is 2. The maximum absolute atomic E-state index is 12.0. The summed E-state index contributed by atoms with van der Waals surface area (Å²) >= 11 is 0. The van der Waals surface area contributed by atoms with Crippen LogP contribution in [0, 0.1) is 0 Å². The van der Waals surface area contributed by atoms with E-state index in [1.54, 1.807) is 31.2 Å². The molecule has 1 aromatic rings. The fraction of sp³-hybridized carbons (Fsp3) is 0.333. The number of fused-ring (bicyclic) bond motifs is 1. The van der Waals surface area contributed by atoms with Crippen molar-refractivity contribution in [2.45, 2.75) is 19.1 Å². The largest absolute Gasteiger partial charge is 0.478 e. The van der Waals surface area contributed by atoms with Gasteiger partial charge in [-0.2, -0.15) is 0 Å². The molecule has 6 nitrogen and oxygen atoms in total. The molecule has 0 aromatic heterocycles. The van der Waals surface area contributed by atoms with Crippen LogP contribution in [-0.4, -0.2) is 35.7 Å². The smallest absolute Gasteiger partial charge is 0.346 e. The predicted molar refractivity (Wildman–Crippen MR) is 64.5 cm³/mol. The summed E-state index contributed by atoms with van der Waals surface area (Å²) in [6, 6.07) is 6.12. The number of aliphatic carboxylic acids is 1. The minimum atomic E-state index is -1.10. The number of rotatable bonds is 2. The van der Waals surface area contributed by atoms with E-state index in [0.29, 0.717) is 11.4 Å². The van der Waals surface area contributed by atoms with Gasteiger partial charge in [-0.15, -0.1) is 0 Å². The van der Waals surface area contributed by atoms with Gasteiger partial charge in [0, 0.05) is 0 Å². The highest BCUT2D eigenvalue weighted by molar-refractivity contribution is 5.99. The first-order valence-corrected chi connectivity index (χ1v) is 5.56. The Kier molecular flexibility index (Phi) is 3.20. The van der Waals surface area contributed by atoms with Gasteiger partial charge in [-0.3, -0.25) is 4.79 Å². The molecule has 0 bridgehead atoms. The van der Waals surface area contributed by atoms with Crippen LogP contribution >= 0.6 is 0 Å². The summed E-state index contributed by atoms with van der Waals surface area (Å²) in [4.78, 5) is 24.4. The van der Waals surface area contributed by atoms with Gasteiger partial charge in [-0.05, 0) is 19.1 Å². The Morgan fingerprint density at radius 2 is 2.17 bits per heavy atom. The molecule has 0 fully saturated rings. The minimum absolute atomic E-state index is 0.0350. The summed E-state index contributed by atoms with van der Waals surface area (Å²) in [6.07, 6.45) is -1.07. The Bertz CT molecular complexity index is 487. The first-order chi connectivity index (χ1) is 8.50. The molecule has 1 aliphatic heterocycles. The van der Waals surface area contributed by atoms with Crippen LogP contribution in [0.15, 0.2) is 24.3 Å². The zero-order valence-corrected chi connectivity index (χ0v) is 9.87. The van der Waals surface area contributed by atoms with Crippen molar-refractivity contribution in [3.8, 4) is 5.75 Å². The molecular formula is C12H14N2O4. The number of nitrogens with two attached hydrogens (primary N) is 1. The molecule has 96 valence electrons. The summed E-state index contributed by atoms with van der Waals surface area (Å²) in [5, 5.41) is 9.01. The van der Waals surface area contributed by atoms with Crippen molar-refractivity contribution in [1.82, 2.24) is 0 Å². The van der Waals surface area contributed by atoms with E-state index in [0.717, 1.165) is 0 Å². The van der Waals surface area contributed by atoms with Gasteiger partial charge < -0.3 is 20.5 Å². The van der Waals surface area contributed by atoms with Crippen LogP contribution in [0.25, 0.3) is 0 Å². The summed E-state index contributed by atoms with van der Waals surface area (Å²) in [7, 11) is 0. The number of carboxylic acids is 1. The average Bonchev–Trinajstić information content (AvgIpc) is 2.36. The predicted octanol–water partition coefficient (Wildman–Crippen LogP) is 0.212. The number of hydrogen-bond acceptors (Lipinski definition) is 4. The van der Waals surface area contributed by atoms with E-state index in [9.17, 15) is 9.59 Å². The fourth-order valence-corrected chi connectivity index (χ4v) is 1.82. The lowest BCUT2D eigenvalue weighted by Crippen LogP contribution is -2.51. The zero-order valence-electron chi connectivity index (χ0n) is 9.87. The van der Waals surface area contributed by atoms with Gasteiger partial charge in [-0.25, -0.2) is 4.79 Å². The third kappa shape index (κ3) is 2.14. The monoisotopic (exact) mass is 250 g/mol. The third-order valence-electron chi connectivity index (χ3n) is 2.70. The van der Waals surface area contributed by atoms with Crippen molar-refractivity contribution in [3.63, 3.8) is 0 Å². The van der Waals surface area contributed by atoms with Crippen LogP contribution in [0.2, 0.25) is 0 Å². The quantitative estimate of drug-likeness (QED) is 0.782. The maximum atomic E-state index is 12.0. The Hall–Kier alpha value is -2.08. The summed E-state index contributed by atoms with van der Waals surface area (Å²) in [5.41, 5.74) is 6.12. The number of para-hydroxylation sites is 2. The summed E-state index contributed by atoms with van der Waals surface area (Å²) in [5.74, 6) is -1.05. The highest BCUT2D eigenvalue weighted by Gasteiger charge is 2.34. The van der Waals surface area contributed by atoms with Crippen LogP contribution < -0.4 is 15.4 Å². The number of nitrogens with zero attached hydrogens (tertiary/aromatic N) is 1. The lowest BCUT2D eigenvalue weighted by molar-refractivity contribution is -0.145. The number of ether oxygens (including phenoxy) is 1. The number of anilines is 1. The van der Waals surface area contributed by atoms with Gasteiger partial charge in [-0.1, -0.05) is 12.1 Å². The minimum Gasteiger partial charge on any atom is -0.478 e. The van der Waals surface area contributed by atoms with Gasteiger partial charge >= 0.3 is 5.97 Å². The third-order valence-corrected chi connectivity index (χ3v) is 2.70. The molecule has 0 aliphatic carbocycles. The number of benzene rings is 1. The molecule has 18 heavy (non-hydrogen) atoms. The molecule has 0 radical (unpaired) electrons. The van der Waals surface area contributed by atoms with Crippen LogP contribution in [-0.2, 0) is 9.59 Å². The van der Waals surface area contributed by atoms with Crippen molar-refractivity contribution >= 4 is 17.6 Å².